The van der Waals surface area contributed by atoms with E-state index in [9.17, 15) is 22.8 Å². The van der Waals surface area contributed by atoms with E-state index in [0.29, 0.717) is 0 Å². The zero-order chi connectivity index (χ0) is 18.5. The molecule has 0 unspecified atom stereocenters. The summed E-state index contributed by atoms with van der Waals surface area (Å²) in [5.74, 6) is -6.27. The summed E-state index contributed by atoms with van der Waals surface area (Å²) in [4.78, 5) is 23.6. The molecule has 0 spiro atoms. The lowest BCUT2D eigenvalue weighted by molar-refractivity contribution is -0.123. The van der Waals surface area contributed by atoms with Crippen LogP contribution in [-0.4, -0.2) is 17.6 Å². The molecular weight excluding hydrogens is 325 g/mol. The molecule has 0 bridgehead atoms. The first-order valence-corrected chi connectivity index (χ1v) is 7.09. The van der Waals surface area contributed by atoms with Gasteiger partial charge >= 0.3 is 6.09 Å². The summed E-state index contributed by atoms with van der Waals surface area (Å²) in [5, 5.41) is 0. The van der Waals surface area contributed by atoms with Crippen LogP contribution in [0.3, 0.4) is 0 Å². The van der Waals surface area contributed by atoms with Crippen molar-refractivity contribution in [2.75, 3.05) is 0 Å². The van der Waals surface area contributed by atoms with Crippen molar-refractivity contribution in [2.24, 2.45) is 0 Å². The summed E-state index contributed by atoms with van der Waals surface area (Å²) in [6, 6.07) is 1.44. The van der Waals surface area contributed by atoms with Crippen molar-refractivity contribution in [3.8, 4) is 0 Å². The van der Waals surface area contributed by atoms with Gasteiger partial charge in [0.1, 0.15) is 5.60 Å². The maximum absolute atomic E-state index is 13.3. The van der Waals surface area contributed by atoms with Crippen LogP contribution in [0.5, 0.6) is 0 Å². The van der Waals surface area contributed by atoms with Gasteiger partial charge in [0, 0.05) is 0 Å². The highest BCUT2D eigenvalue weighted by molar-refractivity contribution is 5.85. The maximum Gasteiger partial charge on any atom is 0.426 e. The molecule has 2 amide bonds. The molecule has 0 aliphatic carbocycles. The molecular formula is C16H19F3N2O3. The Kier molecular flexibility index (Phi) is 6.39. The maximum atomic E-state index is 13.3. The van der Waals surface area contributed by atoms with E-state index in [1.807, 2.05) is 5.43 Å². The molecule has 0 aliphatic rings. The third-order valence-corrected chi connectivity index (χ3v) is 2.81. The highest BCUT2D eigenvalue weighted by Crippen LogP contribution is 2.24. The highest BCUT2D eigenvalue weighted by atomic mass is 19.2. The molecule has 0 aliphatic heterocycles. The smallest absolute Gasteiger partial charge is 0.426 e. The van der Waals surface area contributed by atoms with E-state index in [1.54, 1.807) is 20.8 Å². The Morgan fingerprint density at radius 2 is 1.75 bits per heavy atom. The lowest BCUT2D eigenvalue weighted by atomic mass is 9.94. The van der Waals surface area contributed by atoms with Crippen LogP contribution in [0.2, 0.25) is 0 Å². The topological polar surface area (TPSA) is 67.4 Å². The summed E-state index contributed by atoms with van der Waals surface area (Å²) < 4.78 is 44.6. The zero-order valence-electron chi connectivity index (χ0n) is 13.6. The Labute approximate surface area is 137 Å². The molecule has 0 radical (unpaired) electrons. The van der Waals surface area contributed by atoms with Gasteiger partial charge in [-0.25, -0.2) is 23.4 Å². The fourth-order valence-corrected chi connectivity index (χ4v) is 1.84. The minimum atomic E-state index is -1.62. The van der Waals surface area contributed by atoms with Gasteiger partial charge in [-0.2, -0.15) is 0 Å². The summed E-state index contributed by atoms with van der Waals surface area (Å²) in [7, 11) is 0. The Hall–Kier alpha value is -2.51. The predicted molar refractivity (Wildman–Crippen MR) is 81.4 cm³/mol. The lowest BCUT2D eigenvalue weighted by Gasteiger charge is -2.21. The molecule has 1 atom stereocenters. The van der Waals surface area contributed by atoms with Crippen LogP contribution in [0, 0.1) is 17.5 Å². The first kappa shape index (κ1) is 19.5. The number of allylic oxidation sites excluding steroid dienone is 1. The molecule has 0 aromatic heterocycles. The first-order chi connectivity index (χ1) is 11.0. The van der Waals surface area contributed by atoms with Crippen LogP contribution in [0.4, 0.5) is 18.0 Å². The number of amides is 2. The van der Waals surface area contributed by atoms with Crippen LogP contribution in [0.25, 0.3) is 0 Å². The Morgan fingerprint density at radius 3 is 2.21 bits per heavy atom. The van der Waals surface area contributed by atoms with Crippen LogP contribution < -0.4 is 10.9 Å². The Bertz CT molecular complexity index is 619. The van der Waals surface area contributed by atoms with Crippen LogP contribution in [0.1, 0.15) is 38.7 Å². The van der Waals surface area contributed by atoms with Crippen molar-refractivity contribution >= 4 is 12.0 Å². The number of rotatable bonds is 4. The van der Waals surface area contributed by atoms with Gasteiger partial charge in [0.15, 0.2) is 17.5 Å². The van der Waals surface area contributed by atoms with Gasteiger partial charge in [-0.05, 0) is 44.9 Å². The fourth-order valence-electron chi connectivity index (χ4n) is 1.84. The number of ether oxygens (including phenoxy) is 1. The van der Waals surface area contributed by atoms with E-state index in [4.69, 9.17) is 4.74 Å². The minimum absolute atomic E-state index is 0.0202. The molecule has 24 heavy (non-hydrogen) atoms. The van der Waals surface area contributed by atoms with E-state index < -0.39 is 41.0 Å². The molecule has 1 aromatic rings. The summed E-state index contributed by atoms with van der Waals surface area (Å²) in [6.07, 6.45) is 0.480. The number of benzene rings is 1. The fraction of sp³-hybridized carbons (Fsp3) is 0.375. The minimum Gasteiger partial charge on any atom is -0.443 e. The number of carbonyl (C=O) groups is 2. The molecule has 0 saturated heterocycles. The second-order valence-electron chi connectivity index (χ2n) is 5.99. The normalized spacial score (nSPS) is 12.2. The van der Waals surface area contributed by atoms with E-state index >= 15 is 0 Å². The number of hydrazine groups is 1. The monoisotopic (exact) mass is 344 g/mol. The van der Waals surface area contributed by atoms with Crippen molar-refractivity contribution in [1.29, 1.82) is 0 Å². The van der Waals surface area contributed by atoms with Crippen molar-refractivity contribution < 1.29 is 27.5 Å². The number of nitrogens with one attached hydrogen (secondary N) is 2. The van der Waals surface area contributed by atoms with Gasteiger partial charge < -0.3 is 4.74 Å². The van der Waals surface area contributed by atoms with Crippen molar-refractivity contribution in [3.05, 3.63) is 47.8 Å². The Morgan fingerprint density at radius 1 is 1.21 bits per heavy atom. The van der Waals surface area contributed by atoms with E-state index in [1.165, 1.54) is 6.08 Å². The van der Waals surface area contributed by atoms with Gasteiger partial charge in [-0.3, -0.25) is 10.2 Å². The largest absolute Gasteiger partial charge is 0.443 e. The predicted octanol–water partition coefficient (Wildman–Crippen LogP) is 3.32. The quantitative estimate of drug-likeness (QED) is 0.500. The molecule has 5 nitrogen and oxygen atoms in total. The van der Waals surface area contributed by atoms with E-state index in [0.717, 1.165) is 12.1 Å². The van der Waals surface area contributed by atoms with Gasteiger partial charge in [-0.1, -0.05) is 6.08 Å². The van der Waals surface area contributed by atoms with E-state index in [2.05, 4.69) is 12.0 Å². The third kappa shape index (κ3) is 5.60. The summed E-state index contributed by atoms with van der Waals surface area (Å²) >= 11 is 0. The summed E-state index contributed by atoms with van der Waals surface area (Å²) in [6.45, 7) is 8.37. The molecule has 8 heteroatoms. The molecule has 132 valence electrons. The molecule has 0 saturated carbocycles. The average molecular weight is 344 g/mol. The van der Waals surface area contributed by atoms with Gasteiger partial charge in [0.05, 0.1) is 5.92 Å². The Balaban J connectivity index is 2.87. The standard InChI is InChI=1S/C16H19F3N2O3/c1-5-6-10(9-7-11(17)13(19)12(18)8-9)14(22)20-21-15(23)24-16(2,3)4/h5,7-8,10H,1,6H2,2-4H3,(H,20,22)(H,21,23)/t10-/m0/s1. The van der Waals surface area contributed by atoms with Crippen molar-refractivity contribution in [1.82, 2.24) is 10.9 Å². The van der Waals surface area contributed by atoms with Gasteiger partial charge in [-0.15, -0.1) is 6.58 Å². The first-order valence-electron chi connectivity index (χ1n) is 7.09. The highest BCUT2D eigenvalue weighted by Gasteiger charge is 2.24. The van der Waals surface area contributed by atoms with Crippen LogP contribution in [0.15, 0.2) is 24.8 Å². The average Bonchev–Trinajstić information content (AvgIpc) is 2.45. The van der Waals surface area contributed by atoms with Crippen molar-refractivity contribution in [3.63, 3.8) is 0 Å². The molecule has 1 rings (SSSR count). The molecule has 2 N–H and O–H groups in total. The van der Waals surface area contributed by atoms with Gasteiger partial charge in [0.2, 0.25) is 5.91 Å². The SMILES string of the molecule is C=CC[C@H](C(=O)NNC(=O)OC(C)(C)C)c1cc(F)c(F)c(F)c1. The van der Waals surface area contributed by atoms with Crippen molar-refractivity contribution in [2.45, 2.75) is 38.7 Å². The second-order valence-corrected chi connectivity index (χ2v) is 5.99. The van der Waals surface area contributed by atoms with E-state index in [-0.39, 0.29) is 12.0 Å². The second kappa shape index (κ2) is 7.85. The van der Waals surface area contributed by atoms with Crippen LogP contribution >= 0.6 is 0 Å². The zero-order valence-corrected chi connectivity index (χ0v) is 13.6. The van der Waals surface area contributed by atoms with Gasteiger partial charge in [0.25, 0.3) is 0 Å². The number of hydrogen-bond acceptors (Lipinski definition) is 3. The number of hydrogen-bond donors (Lipinski definition) is 2. The van der Waals surface area contributed by atoms with Crippen LogP contribution in [-0.2, 0) is 9.53 Å². The molecule has 1 aromatic carbocycles. The molecule has 0 fully saturated rings. The number of halogens is 3. The summed E-state index contributed by atoms with van der Waals surface area (Å²) in [5.41, 5.74) is 3.27. The number of carbonyl (C=O) groups excluding carboxylic acids is 2. The molecule has 0 heterocycles. The lowest BCUT2D eigenvalue weighted by Crippen LogP contribution is -2.46. The third-order valence-electron chi connectivity index (χ3n) is 2.81.